The SMILES string of the molecule is O=C(O)CSCC(=O)NOC1CCCC1. The van der Waals surface area contributed by atoms with Gasteiger partial charge in [-0.2, -0.15) is 0 Å². The molecule has 0 unspecified atom stereocenters. The van der Waals surface area contributed by atoms with E-state index < -0.39 is 5.97 Å². The van der Waals surface area contributed by atoms with Gasteiger partial charge in [0.15, 0.2) is 0 Å². The first-order valence-electron chi connectivity index (χ1n) is 4.92. The fourth-order valence-corrected chi connectivity index (χ4v) is 1.94. The number of hydrogen-bond acceptors (Lipinski definition) is 4. The fourth-order valence-electron chi connectivity index (χ4n) is 1.42. The summed E-state index contributed by atoms with van der Waals surface area (Å²) in [7, 11) is 0. The molecule has 0 saturated heterocycles. The van der Waals surface area contributed by atoms with Crippen LogP contribution in [0.3, 0.4) is 0 Å². The van der Waals surface area contributed by atoms with E-state index in [1.54, 1.807) is 0 Å². The molecular formula is C9H15NO4S. The van der Waals surface area contributed by atoms with Crippen molar-refractivity contribution in [3.8, 4) is 0 Å². The lowest BCUT2D eigenvalue weighted by Gasteiger charge is -2.10. The van der Waals surface area contributed by atoms with Crippen LogP contribution in [0.2, 0.25) is 0 Å². The summed E-state index contributed by atoms with van der Waals surface area (Å²) in [4.78, 5) is 26.5. The second-order valence-corrected chi connectivity index (χ2v) is 4.42. The maximum absolute atomic E-state index is 11.1. The van der Waals surface area contributed by atoms with E-state index in [0.29, 0.717) is 0 Å². The van der Waals surface area contributed by atoms with E-state index >= 15 is 0 Å². The van der Waals surface area contributed by atoms with Gasteiger partial charge in [0.1, 0.15) is 0 Å². The summed E-state index contributed by atoms with van der Waals surface area (Å²) in [6, 6.07) is 0. The summed E-state index contributed by atoms with van der Waals surface area (Å²) in [5.74, 6) is -1.12. The molecule has 1 aliphatic carbocycles. The third-order valence-corrected chi connectivity index (χ3v) is 3.02. The lowest BCUT2D eigenvalue weighted by atomic mass is 10.3. The van der Waals surface area contributed by atoms with Crippen LogP contribution in [0.1, 0.15) is 25.7 Å². The highest BCUT2D eigenvalue weighted by Gasteiger charge is 2.16. The summed E-state index contributed by atoms with van der Waals surface area (Å²) in [5, 5.41) is 8.35. The molecule has 0 aromatic heterocycles. The maximum Gasteiger partial charge on any atom is 0.313 e. The maximum atomic E-state index is 11.1. The van der Waals surface area contributed by atoms with Gasteiger partial charge < -0.3 is 5.11 Å². The standard InChI is InChI=1S/C9H15NO4S/c11-8(5-15-6-9(12)13)10-14-7-3-1-2-4-7/h7H,1-6H2,(H,10,11)(H,12,13). The van der Waals surface area contributed by atoms with Crippen molar-refractivity contribution in [1.29, 1.82) is 0 Å². The quantitative estimate of drug-likeness (QED) is 0.663. The van der Waals surface area contributed by atoms with E-state index in [9.17, 15) is 9.59 Å². The number of amides is 1. The van der Waals surface area contributed by atoms with Crippen LogP contribution in [-0.2, 0) is 14.4 Å². The average molecular weight is 233 g/mol. The average Bonchev–Trinajstić information content (AvgIpc) is 2.66. The van der Waals surface area contributed by atoms with Crippen LogP contribution < -0.4 is 5.48 Å². The lowest BCUT2D eigenvalue weighted by Crippen LogP contribution is -2.29. The first-order valence-corrected chi connectivity index (χ1v) is 6.08. The topological polar surface area (TPSA) is 75.6 Å². The Morgan fingerprint density at radius 1 is 1.33 bits per heavy atom. The molecule has 15 heavy (non-hydrogen) atoms. The Labute approximate surface area is 92.5 Å². The zero-order valence-electron chi connectivity index (χ0n) is 8.40. The Bertz CT molecular complexity index is 228. The van der Waals surface area contributed by atoms with E-state index in [2.05, 4.69) is 5.48 Å². The lowest BCUT2D eigenvalue weighted by molar-refractivity contribution is -0.135. The molecular weight excluding hydrogens is 218 g/mol. The molecule has 2 N–H and O–H groups in total. The number of aliphatic carboxylic acids is 1. The highest BCUT2D eigenvalue weighted by molar-refractivity contribution is 8.00. The Balaban J connectivity index is 2.00. The minimum Gasteiger partial charge on any atom is -0.481 e. The molecule has 0 radical (unpaired) electrons. The molecule has 1 rings (SSSR count). The fraction of sp³-hybridized carbons (Fsp3) is 0.778. The highest BCUT2D eigenvalue weighted by Crippen LogP contribution is 2.19. The third-order valence-electron chi connectivity index (χ3n) is 2.10. The van der Waals surface area contributed by atoms with Crippen LogP contribution in [0, 0.1) is 0 Å². The molecule has 1 aliphatic rings. The molecule has 0 atom stereocenters. The van der Waals surface area contributed by atoms with Crippen LogP contribution in [-0.4, -0.2) is 34.6 Å². The van der Waals surface area contributed by atoms with Crippen molar-refractivity contribution in [3.05, 3.63) is 0 Å². The van der Waals surface area contributed by atoms with Gasteiger partial charge in [-0.15, -0.1) is 11.8 Å². The molecule has 0 heterocycles. The van der Waals surface area contributed by atoms with Crippen molar-refractivity contribution in [2.24, 2.45) is 0 Å². The predicted octanol–water partition coefficient (Wildman–Crippen LogP) is 0.795. The number of rotatable bonds is 6. The Morgan fingerprint density at radius 3 is 2.60 bits per heavy atom. The normalized spacial score (nSPS) is 16.5. The second-order valence-electron chi connectivity index (χ2n) is 3.44. The number of carboxylic acid groups (broad SMARTS) is 1. The molecule has 1 amide bonds. The monoisotopic (exact) mass is 233 g/mol. The van der Waals surface area contributed by atoms with Crippen molar-refractivity contribution < 1.29 is 19.5 Å². The Hall–Kier alpha value is -0.750. The molecule has 0 spiro atoms. The molecule has 0 bridgehead atoms. The molecule has 1 fully saturated rings. The van der Waals surface area contributed by atoms with E-state index in [1.165, 1.54) is 0 Å². The first-order chi connectivity index (χ1) is 7.18. The van der Waals surface area contributed by atoms with Crippen LogP contribution >= 0.6 is 11.8 Å². The molecule has 0 aromatic rings. The number of carboxylic acids is 1. The number of thioether (sulfide) groups is 1. The van der Waals surface area contributed by atoms with Gasteiger partial charge in [-0.05, 0) is 12.8 Å². The van der Waals surface area contributed by atoms with Crippen molar-refractivity contribution in [3.63, 3.8) is 0 Å². The summed E-state index contributed by atoms with van der Waals surface area (Å²) in [6.45, 7) is 0. The highest BCUT2D eigenvalue weighted by atomic mass is 32.2. The van der Waals surface area contributed by atoms with E-state index in [4.69, 9.17) is 9.94 Å². The Kier molecular flexibility index (Phi) is 5.49. The number of hydrogen-bond donors (Lipinski definition) is 2. The van der Waals surface area contributed by atoms with Crippen molar-refractivity contribution in [2.75, 3.05) is 11.5 Å². The second kappa shape index (κ2) is 6.68. The van der Waals surface area contributed by atoms with Crippen molar-refractivity contribution in [2.45, 2.75) is 31.8 Å². The van der Waals surface area contributed by atoms with Gasteiger partial charge in [-0.3, -0.25) is 14.4 Å². The van der Waals surface area contributed by atoms with Gasteiger partial charge in [0.05, 0.1) is 17.6 Å². The molecule has 86 valence electrons. The van der Waals surface area contributed by atoms with Gasteiger partial charge in [0.2, 0.25) is 0 Å². The largest absolute Gasteiger partial charge is 0.481 e. The van der Waals surface area contributed by atoms with Gasteiger partial charge in [-0.1, -0.05) is 12.8 Å². The van der Waals surface area contributed by atoms with Gasteiger partial charge in [0.25, 0.3) is 5.91 Å². The minimum absolute atomic E-state index is 0.0587. The van der Waals surface area contributed by atoms with E-state index in [-0.39, 0.29) is 23.5 Å². The zero-order chi connectivity index (χ0) is 11.1. The smallest absolute Gasteiger partial charge is 0.313 e. The van der Waals surface area contributed by atoms with Gasteiger partial charge in [-0.25, -0.2) is 5.48 Å². The van der Waals surface area contributed by atoms with E-state index in [1.807, 2.05) is 0 Å². The molecule has 1 saturated carbocycles. The number of carbonyl (C=O) groups excluding carboxylic acids is 1. The van der Waals surface area contributed by atoms with Gasteiger partial charge in [0, 0.05) is 0 Å². The zero-order valence-corrected chi connectivity index (χ0v) is 9.22. The molecule has 0 aliphatic heterocycles. The summed E-state index contributed by atoms with van der Waals surface area (Å²) >= 11 is 1.06. The van der Waals surface area contributed by atoms with Crippen molar-refractivity contribution in [1.82, 2.24) is 5.48 Å². The first kappa shape index (κ1) is 12.3. The number of carbonyl (C=O) groups is 2. The third kappa shape index (κ3) is 5.64. The summed E-state index contributed by atoms with van der Waals surface area (Å²) in [5.41, 5.74) is 2.35. The van der Waals surface area contributed by atoms with E-state index in [0.717, 1.165) is 37.4 Å². The molecule has 6 heteroatoms. The van der Waals surface area contributed by atoms with Crippen LogP contribution in [0.15, 0.2) is 0 Å². The molecule has 5 nitrogen and oxygen atoms in total. The van der Waals surface area contributed by atoms with Crippen molar-refractivity contribution >= 4 is 23.6 Å². The minimum atomic E-state index is -0.912. The van der Waals surface area contributed by atoms with Gasteiger partial charge >= 0.3 is 5.97 Å². The predicted molar refractivity (Wildman–Crippen MR) is 56.4 cm³/mol. The van der Waals surface area contributed by atoms with Crippen LogP contribution in [0.25, 0.3) is 0 Å². The number of nitrogens with one attached hydrogen (secondary N) is 1. The van der Waals surface area contributed by atoms with Crippen LogP contribution in [0.5, 0.6) is 0 Å². The molecule has 0 aromatic carbocycles. The summed E-state index contributed by atoms with van der Waals surface area (Å²) in [6.07, 6.45) is 4.41. The Morgan fingerprint density at radius 2 is 2.00 bits per heavy atom. The summed E-state index contributed by atoms with van der Waals surface area (Å²) < 4.78 is 0. The number of hydroxylamine groups is 1. The van der Waals surface area contributed by atoms with Crippen LogP contribution in [0.4, 0.5) is 0 Å².